The number of ether oxygens (including phenoxy) is 2. The summed E-state index contributed by atoms with van der Waals surface area (Å²) in [7, 11) is 0. The van der Waals surface area contributed by atoms with Gasteiger partial charge in [0.15, 0.2) is 6.04 Å². The molecule has 3 aromatic rings. The van der Waals surface area contributed by atoms with E-state index in [1.807, 2.05) is 66.7 Å². The van der Waals surface area contributed by atoms with Gasteiger partial charge in [-0.25, -0.2) is 20.0 Å². The van der Waals surface area contributed by atoms with Crippen LogP contribution in [0.2, 0.25) is 0 Å². The highest BCUT2D eigenvalue weighted by molar-refractivity contribution is 5.82. The van der Waals surface area contributed by atoms with Gasteiger partial charge in [-0.3, -0.25) is 4.79 Å². The van der Waals surface area contributed by atoms with E-state index in [2.05, 4.69) is 5.43 Å². The second-order valence-electron chi connectivity index (χ2n) is 9.86. The fourth-order valence-electron chi connectivity index (χ4n) is 3.73. The molecule has 3 rings (SSSR count). The van der Waals surface area contributed by atoms with Crippen LogP contribution in [0, 0.1) is 0 Å². The van der Waals surface area contributed by atoms with Gasteiger partial charge >= 0.3 is 18.0 Å². The Labute approximate surface area is 223 Å². The Bertz CT molecular complexity index is 1180. The molecule has 0 saturated heterocycles. The quantitative estimate of drug-likeness (QED) is 0.278. The van der Waals surface area contributed by atoms with Crippen LogP contribution in [0.4, 0.5) is 4.79 Å². The molecule has 3 aromatic carbocycles. The van der Waals surface area contributed by atoms with Gasteiger partial charge < -0.3 is 14.6 Å². The van der Waals surface area contributed by atoms with Gasteiger partial charge in [-0.15, -0.1) is 0 Å². The molecule has 200 valence electrons. The number of carboxylic acids is 1. The van der Waals surface area contributed by atoms with Crippen LogP contribution in [0.1, 0.15) is 37.5 Å². The van der Waals surface area contributed by atoms with E-state index in [0.29, 0.717) is 0 Å². The highest BCUT2D eigenvalue weighted by Crippen LogP contribution is 2.17. The summed E-state index contributed by atoms with van der Waals surface area (Å²) in [6, 6.07) is 24.9. The highest BCUT2D eigenvalue weighted by Gasteiger charge is 2.37. The number of hydrogen-bond acceptors (Lipinski definition) is 6. The molecule has 2 N–H and O–H groups in total. The predicted octanol–water partition coefficient (Wildman–Crippen LogP) is 4.78. The number of carbonyl (C=O) groups is 3. The lowest BCUT2D eigenvalue weighted by Gasteiger charge is -2.34. The lowest BCUT2D eigenvalue weighted by molar-refractivity contribution is -0.154. The molecule has 1 amide bonds. The predicted molar refractivity (Wildman–Crippen MR) is 143 cm³/mol. The molecule has 8 nitrogen and oxygen atoms in total. The molecule has 8 heteroatoms. The molecule has 0 aliphatic heterocycles. The minimum Gasteiger partial charge on any atom is -0.480 e. The number of nitrogens with zero attached hydrogens (tertiary/aromatic N) is 1. The number of esters is 1. The third-order valence-corrected chi connectivity index (χ3v) is 5.55. The third-order valence-electron chi connectivity index (χ3n) is 5.55. The molecule has 0 unspecified atom stereocenters. The maximum absolute atomic E-state index is 13.5. The van der Waals surface area contributed by atoms with Crippen LogP contribution in [-0.4, -0.2) is 45.8 Å². The minimum atomic E-state index is -1.22. The number of benzene rings is 3. The summed E-state index contributed by atoms with van der Waals surface area (Å²) in [5, 5.41) is 11.0. The Balaban J connectivity index is 1.94. The van der Waals surface area contributed by atoms with Gasteiger partial charge in [-0.2, -0.15) is 0 Å². The first kappa shape index (κ1) is 28.4. The summed E-state index contributed by atoms with van der Waals surface area (Å²) in [4.78, 5) is 39.2. The molecule has 0 aromatic heterocycles. The van der Waals surface area contributed by atoms with E-state index < -0.39 is 35.7 Å². The van der Waals surface area contributed by atoms with E-state index in [4.69, 9.17) is 9.47 Å². The maximum atomic E-state index is 13.5. The van der Waals surface area contributed by atoms with Crippen LogP contribution >= 0.6 is 0 Å². The molecule has 0 saturated carbocycles. The van der Waals surface area contributed by atoms with Crippen LogP contribution in [-0.2, 0) is 38.5 Å². The van der Waals surface area contributed by atoms with Crippen LogP contribution in [0.3, 0.4) is 0 Å². The van der Waals surface area contributed by atoms with Gasteiger partial charge in [0.1, 0.15) is 18.2 Å². The number of amides is 1. The maximum Gasteiger partial charge on any atom is 0.425 e. The second kappa shape index (κ2) is 13.4. The topological polar surface area (TPSA) is 105 Å². The number of hydrazine groups is 1. The largest absolute Gasteiger partial charge is 0.480 e. The lowest BCUT2D eigenvalue weighted by Crippen LogP contribution is -2.60. The molecule has 38 heavy (non-hydrogen) atoms. The average molecular weight is 519 g/mol. The molecule has 0 fully saturated rings. The summed E-state index contributed by atoms with van der Waals surface area (Å²) >= 11 is 0. The SMILES string of the molecule is CC(C)(C)OC(=O)N(N[C@@H](Cc1ccccc1)C(=O)O)[C@@H](Cc1ccccc1)C(=O)OCc1ccccc1. The van der Waals surface area contributed by atoms with Crippen molar-refractivity contribution >= 4 is 18.0 Å². The monoisotopic (exact) mass is 518 g/mol. The third kappa shape index (κ3) is 9.05. The van der Waals surface area contributed by atoms with Crippen molar-refractivity contribution in [2.45, 2.75) is 57.9 Å². The molecule has 0 heterocycles. The molecule has 0 spiro atoms. The van der Waals surface area contributed by atoms with Crippen molar-refractivity contribution in [1.29, 1.82) is 0 Å². The first-order valence-electron chi connectivity index (χ1n) is 12.4. The molecular weight excluding hydrogens is 484 g/mol. The smallest absolute Gasteiger partial charge is 0.425 e. The Morgan fingerprint density at radius 1 is 0.789 bits per heavy atom. The summed E-state index contributed by atoms with van der Waals surface area (Å²) < 4.78 is 11.2. The minimum absolute atomic E-state index is 0.000500. The Morgan fingerprint density at radius 2 is 1.26 bits per heavy atom. The van der Waals surface area contributed by atoms with Gasteiger partial charge in [-0.1, -0.05) is 91.0 Å². The molecular formula is C30H34N2O6. The Hall–Kier alpha value is -4.17. The summed E-state index contributed by atoms with van der Waals surface area (Å²) in [6.45, 7) is 5.09. The molecule has 0 aliphatic carbocycles. The van der Waals surface area contributed by atoms with Crippen molar-refractivity contribution in [2.75, 3.05) is 0 Å². The van der Waals surface area contributed by atoms with Gasteiger partial charge in [-0.05, 0) is 37.5 Å². The number of nitrogens with one attached hydrogen (secondary N) is 1. The lowest BCUT2D eigenvalue weighted by atomic mass is 10.0. The van der Waals surface area contributed by atoms with E-state index in [0.717, 1.165) is 21.7 Å². The van der Waals surface area contributed by atoms with Gasteiger partial charge in [0.2, 0.25) is 0 Å². The van der Waals surface area contributed by atoms with Crippen LogP contribution in [0.15, 0.2) is 91.0 Å². The fourth-order valence-corrected chi connectivity index (χ4v) is 3.73. The van der Waals surface area contributed by atoms with E-state index in [1.165, 1.54) is 0 Å². The number of carbonyl (C=O) groups excluding carboxylic acids is 2. The first-order valence-corrected chi connectivity index (χ1v) is 12.4. The molecule has 2 atom stereocenters. The second-order valence-corrected chi connectivity index (χ2v) is 9.86. The van der Waals surface area contributed by atoms with E-state index in [-0.39, 0.29) is 19.4 Å². The number of rotatable bonds is 11. The Kier molecular flexibility index (Phi) is 10.0. The first-order chi connectivity index (χ1) is 18.1. The van der Waals surface area contributed by atoms with E-state index in [9.17, 15) is 19.5 Å². The van der Waals surface area contributed by atoms with Gasteiger partial charge in [0.05, 0.1) is 0 Å². The van der Waals surface area contributed by atoms with Crippen molar-refractivity contribution in [1.82, 2.24) is 10.4 Å². The van der Waals surface area contributed by atoms with Crippen molar-refractivity contribution in [3.63, 3.8) is 0 Å². The molecule has 0 radical (unpaired) electrons. The molecule has 0 aliphatic rings. The summed E-state index contributed by atoms with van der Waals surface area (Å²) in [5.41, 5.74) is 4.19. The Morgan fingerprint density at radius 3 is 1.74 bits per heavy atom. The zero-order valence-corrected chi connectivity index (χ0v) is 21.9. The number of aliphatic carboxylic acids is 1. The van der Waals surface area contributed by atoms with Crippen molar-refractivity contribution in [3.05, 3.63) is 108 Å². The van der Waals surface area contributed by atoms with Crippen LogP contribution in [0.25, 0.3) is 0 Å². The zero-order valence-electron chi connectivity index (χ0n) is 21.9. The standard InChI is InChI=1S/C30H34N2O6/c1-30(2,3)38-29(36)32(31-25(27(33)34)19-22-13-7-4-8-14-22)26(20-23-15-9-5-10-16-23)28(35)37-21-24-17-11-6-12-18-24/h4-18,25-26,31H,19-21H2,1-3H3,(H,33,34)/t25-,26-/m0/s1. The highest BCUT2D eigenvalue weighted by atomic mass is 16.6. The van der Waals surface area contributed by atoms with Crippen LogP contribution in [0.5, 0.6) is 0 Å². The van der Waals surface area contributed by atoms with Crippen molar-refractivity contribution in [3.8, 4) is 0 Å². The normalized spacial score (nSPS) is 12.7. The zero-order chi connectivity index (χ0) is 27.5. The molecule has 0 bridgehead atoms. The van der Waals surface area contributed by atoms with E-state index in [1.54, 1.807) is 45.0 Å². The summed E-state index contributed by atoms with van der Waals surface area (Å²) in [5.74, 6) is -1.88. The van der Waals surface area contributed by atoms with Crippen molar-refractivity contribution < 1.29 is 29.0 Å². The fraction of sp³-hybridized carbons (Fsp3) is 0.300. The van der Waals surface area contributed by atoms with Gasteiger partial charge in [0.25, 0.3) is 0 Å². The van der Waals surface area contributed by atoms with Gasteiger partial charge in [0, 0.05) is 12.8 Å². The average Bonchev–Trinajstić information content (AvgIpc) is 2.89. The summed E-state index contributed by atoms with van der Waals surface area (Å²) in [6.07, 6.45) is -0.722. The number of hydrogen-bond donors (Lipinski definition) is 2. The number of carboxylic acid groups (broad SMARTS) is 1. The van der Waals surface area contributed by atoms with Crippen molar-refractivity contribution in [2.24, 2.45) is 0 Å². The van der Waals surface area contributed by atoms with E-state index >= 15 is 0 Å². The van der Waals surface area contributed by atoms with Crippen LogP contribution < -0.4 is 5.43 Å².